The number of hydrogen-bond donors (Lipinski definition) is 2. The number of anilines is 1. The molecule has 3 amide bonds. The van der Waals surface area contributed by atoms with Crippen LogP contribution in [0.5, 0.6) is 5.75 Å². The molecule has 0 atom stereocenters. The monoisotopic (exact) mass is 323 g/mol. The van der Waals surface area contributed by atoms with Crippen molar-refractivity contribution in [2.45, 2.75) is 6.42 Å². The number of hydrogen-bond acceptors (Lipinski definition) is 5. The fraction of sp³-hybridized carbons (Fsp3) is 0.357. The van der Waals surface area contributed by atoms with Crippen molar-refractivity contribution in [2.75, 3.05) is 30.8 Å². The zero-order valence-corrected chi connectivity index (χ0v) is 12.7. The van der Waals surface area contributed by atoms with Gasteiger partial charge in [-0.3, -0.25) is 14.4 Å². The highest BCUT2D eigenvalue weighted by Gasteiger charge is 2.21. The first-order valence-corrected chi connectivity index (χ1v) is 7.76. The second-order valence-electron chi connectivity index (χ2n) is 4.68. The molecule has 1 aromatic rings. The fourth-order valence-corrected chi connectivity index (χ4v) is 2.76. The molecule has 1 aliphatic rings. The molecule has 7 nitrogen and oxygen atoms in total. The number of nitrogens with one attached hydrogen (secondary N) is 1. The Morgan fingerprint density at radius 1 is 1.41 bits per heavy atom. The molecular formula is C14H17N3O4S. The van der Waals surface area contributed by atoms with Gasteiger partial charge in [0, 0.05) is 37.0 Å². The molecular weight excluding hydrogens is 306 g/mol. The lowest BCUT2D eigenvalue weighted by Crippen LogP contribution is -2.27. The normalized spacial score (nSPS) is 14.0. The molecule has 1 saturated heterocycles. The number of nitrogens with two attached hydrogens (primary N) is 1. The molecule has 8 heteroatoms. The van der Waals surface area contributed by atoms with Crippen LogP contribution in [0.3, 0.4) is 0 Å². The topological polar surface area (TPSA) is 102 Å². The first-order chi connectivity index (χ1) is 10.5. The highest BCUT2D eigenvalue weighted by molar-refractivity contribution is 8.13. The van der Waals surface area contributed by atoms with Crippen LogP contribution in [0.25, 0.3) is 0 Å². The van der Waals surface area contributed by atoms with E-state index in [4.69, 9.17) is 10.5 Å². The van der Waals surface area contributed by atoms with E-state index in [2.05, 4.69) is 5.32 Å². The number of rotatable bonds is 7. The van der Waals surface area contributed by atoms with Crippen molar-refractivity contribution in [3.05, 3.63) is 24.3 Å². The van der Waals surface area contributed by atoms with Gasteiger partial charge in [0.15, 0.2) is 6.61 Å². The summed E-state index contributed by atoms with van der Waals surface area (Å²) in [7, 11) is 0. The number of benzene rings is 1. The van der Waals surface area contributed by atoms with E-state index in [1.165, 1.54) is 11.8 Å². The quantitative estimate of drug-likeness (QED) is 0.781. The van der Waals surface area contributed by atoms with Crippen LogP contribution >= 0.6 is 11.8 Å². The van der Waals surface area contributed by atoms with Crippen LogP contribution in [0.4, 0.5) is 10.5 Å². The number of amides is 3. The second-order valence-corrected chi connectivity index (χ2v) is 5.73. The maximum Gasteiger partial charge on any atom is 0.281 e. The zero-order valence-electron chi connectivity index (χ0n) is 11.9. The fourth-order valence-electron chi connectivity index (χ4n) is 1.91. The van der Waals surface area contributed by atoms with Crippen LogP contribution in [0.2, 0.25) is 0 Å². The summed E-state index contributed by atoms with van der Waals surface area (Å²) in [6.07, 6.45) is 0.235. The van der Waals surface area contributed by atoms with Crippen molar-refractivity contribution in [3.8, 4) is 5.75 Å². The Balaban J connectivity index is 1.81. The van der Waals surface area contributed by atoms with E-state index in [0.29, 0.717) is 24.5 Å². The summed E-state index contributed by atoms with van der Waals surface area (Å²) in [5, 5.41) is 2.75. The zero-order chi connectivity index (χ0) is 15.9. The van der Waals surface area contributed by atoms with Gasteiger partial charge in [0.1, 0.15) is 5.75 Å². The molecule has 1 fully saturated rings. The van der Waals surface area contributed by atoms with E-state index >= 15 is 0 Å². The molecule has 1 aliphatic heterocycles. The average Bonchev–Trinajstić information content (AvgIpc) is 2.89. The minimum Gasteiger partial charge on any atom is -0.484 e. The highest BCUT2D eigenvalue weighted by atomic mass is 32.2. The van der Waals surface area contributed by atoms with E-state index in [0.717, 1.165) is 5.75 Å². The Morgan fingerprint density at radius 2 is 2.23 bits per heavy atom. The van der Waals surface area contributed by atoms with Crippen LogP contribution in [-0.2, 0) is 9.59 Å². The van der Waals surface area contributed by atoms with Gasteiger partial charge < -0.3 is 20.7 Å². The van der Waals surface area contributed by atoms with Crippen LogP contribution < -0.4 is 15.8 Å². The van der Waals surface area contributed by atoms with Crippen molar-refractivity contribution in [1.82, 2.24) is 4.90 Å². The van der Waals surface area contributed by atoms with Gasteiger partial charge in [-0.25, -0.2) is 0 Å². The van der Waals surface area contributed by atoms with E-state index in [1.807, 2.05) is 0 Å². The summed E-state index contributed by atoms with van der Waals surface area (Å²) in [5.74, 6) is 0.474. The summed E-state index contributed by atoms with van der Waals surface area (Å²) < 4.78 is 5.16. The molecule has 1 aromatic carbocycles. The van der Waals surface area contributed by atoms with Crippen LogP contribution in [0, 0.1) is 0 Å². The van der Waals surface area contributed by atoms with E-state index in [1.54, 1.807) is 29.2 Å². The van der Waals surface area contributed by atoms with Gasteiger partial charge in [0.25, 0.3) is 11.1 Å². The Labute approximate surface area is 132 Å². The van der Waals surface area contributed by atoms with Crippen LogP contribution in [-0.4, -0.2) is 47.4 Å². The lowest BCUT2D eigenvalue weighted by molar-refractivity contribution is -0.120. The molecule has 0 bridgehead atoms. The van der Waals surface area contributed by atoms with Crippen molar-refractivity contribution in [1.29, 1.82) is 0 Å². The minimum absolute atomic E-state index is 0.0228. The minimum atomic E-state index is -0.567. The molecule has 0 aliphatic carbocycles. The molecule has 0 spiro atoms. The van der Waals surface area contributed by atoms with Gasteiger partial charge in [0.05, 0.1) is 0 Å². The molecule has 3 N–H and O–H groups in total. The van der Waals surface area contributed by atoms with Gasteiger partial charge in [-0.05, 0) is 12.1 Å². The maximum absolute atomic E-state index is 11.9. The predicted molar refractivity (Wildman–Crippen MR) is 83.8 cm³/mol. The van der Waals surface area contributed by atoms with Crippen molar-refractivity contribution in [2.24, 2.45) is 5.73 Å². The lowest BCUT2D eigenvalue weighted by atomic mass is 10.3. The number of thioether (sulfide) groups is 1. The molecule has 2 rings (SSSR count). The summed E-state index contributed by atoms with van der Waals surface area (Å²) >= 11 is 1.27. The Hall–Kier alpha value is -2.22. The second kappa shape index (κ2) is 7.69. The van der Waals surface area contributed by atoms with Crippen LogP contribution in [0.15, 0.2) is 24.3 Å². The summed E-state index contributed by atoms with van der Waals surface area (Å²) in [5.41, 5.74) is 5.57. The molecule has 0 saturated carbocycles. The number of carbonyl (C=O) groups is 3. The summed E-state index contributed by atoms with van der Waals surface area (Å²) in [6, 6.07) is 6.69. The van der Waals surface area contributed by atoms with Crippen molar-refractivity contribution >= 4 is 34.5 Å². The number of nitrogens with zero attached hydrogens (tertiary/aromatic N) is 1. The highest BCUT2D eigenvalue weighted by Crippen LogP contribution is 2.19. The van der Waals surface area contributed by atoms with Crippen molar-refractivity contribution < 1.29 is 19.1 Å². The van der Waals surface area contributed by atoms with Gasteiger partial charge in [-0.15, -0.1) is 0 Å². The molecule has 118 valence electrons. The number of ether oxygens (including phenoxy) is 1. The summed E-state index contributed by atoms with van der Waals surface area (Å²) in [4.78, 5) is 35.6. The molecule has 22 heavy (non-hydrogen) atoms. The Bertz CT molecular complexity index is 579. The SMILES string of the molecule is NC(=O)COc1cccc(NC(=O)CCN2CCSC2=O)c1. The number of primary amides is 1. The van der Waals surface area contributed by atoms with Gasteiger partial charge in [-0.1, -0.05) is 17.8 Å². The predicted octanol–water partition coefficient (Wildman–Crippen LogP) is 1.05. The standard InChI is InChI=1S/C14H17N3O4S/c15-12(18)9-21-11-3-1-2-10(8-11)16-13(19)4-5-17-6-7-22-14(17)20/h1-3,8H,4-7,9H2,(H2,15,18)(H,16,19). The van der Waals surface area contributed by atoms with Gasteiger partial charge in [0.2, 0.25) is 5.91 Å². The van der Waals surface area contributed by atoms with E-state index < -0.39 is 5.91 Å². The molecule has 0 radical (unpaired) electrons. The van der Waals surface area contributed by atoms with E-state index in [-0.39, 0.29) is 24.2 Å². The first kappa shape index (κ1) is 16.2. The van der Waals surface area contributed by atoms with Crippen molar-refractivity contribution in [3.63, 3.8) is 0 Å². The Kier molecular flexibility index (Phi) is 5.65. The van der Waals surface area contributed by atoms with E-state index in [9.17, 15) is 14.4 Å². The van der Waals surface area contributed by atoms with Gasteiger partial charge in [-0.2, -0.15) is 0 Å². The third-order valence-electron chi connectivity index (χ3n) is 2.95. The maximum atomic E-state index is 11.9. The third-order valence-corrected chi connectivity index (χ3v) is 3.84. The van der Waals surface area contributed by atoms with Gasteiger partial charge >= 0.3 is 0 Å². The number of carbonyl (C=O) groups excluding carboxylic acids is 3. The Morgan fingerprint density at radius 3 is 2.91 bits per heavy atom. The molecule has 0 unspecified atom stereocenters. The largest absolute Gasteiger partial charge is 0.484 e. The lowest BCUT2D eigenvalue weighted by Gasteiger charge is -2.14. The average molecular weight is 323 g/mol. The smallest absolute Gasteiger partial charge is 0.281 e. The summed E-state index contributed by atoms with van der Waals surface area (Å²) in [6.45, 7) is 0.884. The third kappa shape index (κ3) is 4.96. The molecule has 0 aromatic heterocycles. The molecule has 1 heterocycles. The first-order valence-electron chi connectivity index (χ1n) is 6.77. The van der Waals surface area contributed by atoms with Crippen LogP contribution in [0.1, 0.15) is 6.42 Å².